The number of hydrogen-bond donors (Lipinski definition) is 1. The molecule has 0 aliphatic heterocycles. The first kappa shape index (κ1) is 8.52. The Hall–Kier alpha value is -1.58. The summed E-state index contributed by atoms with van der Waals surface area (Å²) in [5, 5.41) is 21.4. The monoisotopic (exact) mass is 166 g/mol. The molecule has 0 radical (unpaired) electrons. The van der Waals surface area contributed by atoms with Crippen LogP contribution in [-0.4, -0.2) is 10.1 Å². The fourth-order valence-corrected chi connectivity index (χ4v) is 0.911. The number of nitrogens with zero attached hydrogens (tertiary/aromatic N) is 2. The molecule has 0 aliphatic carbocycles. The Morgan fingerprint density at radius 1 is 1.42 bits per heavy atom. The predicted octanol–water partition coefficient (Wildman–Crippen LogP) is 2.23. The minimum absolute atomic E-state index is 0.166. The van der Waals surface area contributed by atoms with Gasteiger partial charge in [-0.2, -0.15) is 0 Å². The first-order valence-electron chi connectivity index (χ1n) is 3.69. The zero-order valence-corrected chi connectivity index (χ0v) is 6.77. The molecule has 0 aliphatic rings. The van der Waals surface area contributed by atoms with Crippen LogP contribution in [-0.2, 0) is 6.42 Å². The van der Waals surface area contributed by atoms with E-state index < -0.39 is 0 Å². The average Bonchev–Trinajstić information content (AvgIpc) is 2.17. The Morgan fingerprint density at radius 2 is 2.00 bits per heavy atom. The van der Waals surface area contributed by atoms with Crippen LogP contribution in [0.25, 0.3) is 0 Å². The summed E-state index contributed by atoms with van der Waals surface area (Å²) >= 11 is 0. The molecule has 0 saturated carbocycles. The summed E-state index contributed by atoms with van der Waals surface area (Å²) in [4.78, 5) is 0.166. The number of hydrogen-bond acceptors (Lipinski definition) is 2. The highest BCUT2D eigenvalue weighted by molar-refractivity contribution is 5.32. The molecule has 1 rings (SSSR count). The van der Waals surface area contributed by atoms with E-state index in [0.717, 1.165) is 12.0 Å². The second-order valence-corrected chi connectivity index (χ2v) is 2.38. The molecule has 0 unspecified atom stereocenters. The van der Waals surface area contributed by atoms with E-state index in [2.05, 4.69) is 5.28 Å². The molecular weight excluding hydrogens is 156 g/mol. The van der Waals surface area contributed by atoms with Crippen molar-refractivity contribution in [3.8, 4) is 0 Å². The molecular formula is C8H10N2O2. The highest BCUT2D eigenvalue weighted by Gasteiger charge is 2.01. The van der Waals surface area contributed by atoms with E-state index in [1.54, 1.807) is 12.1 Å². The molecule has 0 heterocycles. The molecule has 0 saturated heterocycles. The summed E-state index contributed by atoms with van der Waals surface area (Å²) in [5.41, 5.74) is 1.47. The third-order valence-electron chi connectivity index (χ3n) is 1.65. The van der Waals surface area contributed by atoms with Crippen molar-refractivity contribution in [2.75, 3.05) is 0 Å². The van der Waals surface area contributed by atoms with Gasteiger partial charge in [0.15, 0.2) is 0 Å². The van der Waals surface area contributed by atoms with Crippen LogP contribution in [0.2, 0.25) is 0 Å². The van der Waals surface area contributed by atoms with E-state index in [4.69, 9.17) is 5.21 Å². The molecule has 64 valence electrons. The fraction of sp³-hybridized carbons (Fsp3) is 0.250. The molecule has 1 aromatic rings. The van der Waals surface area contributed by atoms with Crippen molar-refractivity contribution in [2.24, 2.45) is 5.28 Å². The molecule has 0 bridgehead atoms. The molecule has 0 atom stereocenters. The Morgan fingerprint density at radius 3 is 2.42 bits per heavy atom. The van der Waals surface area contributed by atoms with Crippen molar-refractivity contribution in [2.45, 2.75) is 13.3 Å². The van der Waals surface area contributed by atoms with Gasteiger partial charge in [-0.3, -0.25) is 0 Å². The summed E-state index contributed by atoms with van der Waals surface area (Å²) < 4.78 is 0. The van der Waals surface area contributed by atoms with Crippen molar-refractivity contribution in [3.05, 3.63) is 35.0 Å². The summed E-state index contributed by atoms with van der Waals surface area (Å²) in [7, 11) is 0. The van der Waals surface area contributed by atoms with E-state index >= 15 is 0 Å². The summed E-state index contributed by atoms with van der Waals surface area (Å²) in [5.74, 6) is 0. The van der Waals surface area contributed by atoms with Gasteiger partial charge < -0.3 is 10.4 Å². The van der Waals surface area contributed by atoms with E-state index in [0.29, 0.717) is 5.69 Å². The molecule has 1 N–H and O–H groups in total. The molecule has 4 nitrogen and oxygen atoms in total. The van der Waals surface area contributed by atoms with Crippen LogP contribution in [0.4, 0.5) is 5.69 Å². The number of benzene rings is 1. The molecule has 12 heavy (non-hydrogen) atoms. The SMILES string of the molecule is CCc1ccc(/[N+]([O-])=N/O)cc1. The second-order valence-electron chi connectivity index (χ2n) is 2.38. The van der Waals surface area contributed by atoms with Gasteiger partial charge in [-0.1, -0.05) is 19.1 Å². The third kappa shape index (κ3) is 1.72. The van der Waals surface area contributed by atoms with Crippen molar-refractivity contribution >= 4 is 5.69 Å². The Bertz CT molecular complexity index is 280. The Kier molecular flexibility index (Phi) is 2.63. The van der Waals surface area contributed by atoms with Gasteiger partial charge in [0.25, 0.3) is 0 Å². The zero-order chi connectivity index (χ0) is 8.97. The molecule has 0 fully saturated rings. The van der Waals surface area contributed by atoms with Gasteiger partial charge in [0.1, 0.15) is 0 Å². The van der Waals surface area contributed by atoms with Crippen molar-refractivity contribution in [1.82, 2.24) is 0 Å². The van der Waals surface area contributed by atoms with E-state index in [1.165, 1.54) is 0 Å². The Labute approximate surface area is 70.3 Å². The number of rotatable bonds is 2. The second kappa shape index (κ2) is 3.71. The van der Waals surface area contributed by atoms with Crippen LogP contribution < -0.4 is 0 Å². The average molecular weight is 166 g/mol. The van der Waals surface area contributed by atoms with Gasteiger partial charge in [-0.05, 0) is 16.8 Å². The van der Waals surface area contributed by atoms with Gasteiger partial charge in [-0.15, -0.1) is 0 Å². The standard InChI is InChI=1S/C8H10N2O2/c1-2-7-3-5-8(6-4-7)10(12)9-11/h3-6,11H,2H2,1H3/b10-9-. The smallest absolute Gasteiger partial charge is 0.248 e. The quantitative estimate of drug-likeness (QED) is 0.416. The highest BCUT2D eigenvalue weighted by atomic mass is 16.6. The van der Waals surface area contributed by atoms with Gasteiger partial charge in [0.2, 0.25) is 11.0 Å². The van der Waals surface area contributed by atoms with Gasteiger partial charge in [0, 0.05) is 12.1 Å². The molecule has 0 spiro atoms. The van der Waals surface area contributed by atoms with Crippen LogP contribution in [0.5, 0.6) is 0 Å². The lowest BCUT2D eigenvalue weighted by Crippen LogP contribution is -1.90. The van der Waals surface area contributed by atoms with Gasteiger partial charge >= 0.3 is 0 Å². The summed E-state index contributed by atoms with van der Waals surface area (Å²) in [6.45, 7) is 2.03. The summed E-state index contributed by atoms with van der Waals surface area (Å²) in [6, 6.07) is 6.88. The minimum atomic E-state index is 0.166. The number of aryl methyl sites for hydroxylation is 1. The minimum Gasteiger partial charge on any atom is -0.592 e. The third-order valence-corrected chi connectivity index (χ3v) is 1.65. The first-order chi connectivity index (χ1) is 5.77. The van der Waals surface area contributed by atoms with Gasteiger partial charge in [0.05, 0.1) is 0 Å². The normalized spacial score (nSPS) is 11.6. The topological polar surface area (TPSA) is 58.7 Å². The fourth-order valence-electron chi connectivity index (χ4n) is 0.911. The molecule has 0 aromatic heterocycles. The maximum absolute atomic E-state index is 10.7. The lowest BCUT2D eigenvalue weighted by atomic mass is 10.2. The van der Waals surface area contributed by atoms with Crippen LogP contribution in [0.1, 0.15) is 12.5 Å². The lowest BCUT2D eigenvalue weighted by molar-refractivity contribution is -0.473. The molecule has 0 amide bonds. The summed E-state index contributed by atoms with van der Waals surface area (Å²) in [6.07, 6.45) is 0.926. The van der Waals surface area contributed by atoms with Crippen molar-refractivity contribution in [3.63, 3.8) is 0 Å². The Balaban J connectivity index is 2.92. The van der Waals surface area contributed by atoms with Gasteiger partial charge in [-0.25, -0.2) is 0 Å². The van der Waals surface area contributed by atoms with E-state index in [1.807, 2.05) is 19.1 Å². The molecule has 1 aromatic carbocycles. The van der Waals surface area contributed by atoms with E-state index in [-0.39, 0.29) is 4.86 Å². The maximum atomic E-state index is 10.7. The van der Waals surface area contributed by atoms with E-state index in [9.17, 15) is 5.21 Å². The molecule has 4 heteroatoms. The maximum Gasteiger partial charge on any atom is 0.248 e. The lowest BCUT2D eigenvalue weighted by Gasteiger charge is -1.97. The van der Waals surface area contributed by atoms with Crippen LogP contribution in [0, 0.1) is 5.21 Å². The van der Waals surface area contributed by atoms with Crippen LogP contribution in [0.15, 0.2) is 29.5 Å². The first-order valence-corrected chi connectivity index (χ1v) is 3.69. The predicted molar refractivity (Wildman–Crippen MR) is 43.3 cm³/mol. The van der Waals surface area contributed by atoms with Crippen LogP contribution in [0.3, 0.4) is 0 Å². The van der Waals surface area contributed by atoms with Crippen molar-refractivity contribution in [1.29, 1.82) is 0 Å². The zero-order valence-electron chi connectivity index (χ0n) is 6.77. The van der Waals surface area contributed by atoms with Crippen molar-refractivity contribution < 1.29 is 10.1 Å². The van der Waals surface area contributed by atoms with Crippen LogP contribution >= 0.6 is 0 Å². The highest BCUT2D eigenvalue weighted by Crippen LogP contribution is 2.12. The largest absolute Gasteiger partial charge is 0.592 e.